The maximum Gasteiger partial charge on any atom is 0.221 e. The monoisotopic (exact) mass is 297 g/mol. The summed E-state index contributed by atoms with van der Waals surface area (Å²) < 4.78 is 0. The molecule has 0 saturated heterocycles. The number of amides is 2. The average molecular weight is 297 g/mol. The van der Waals surface area contributed by atoms with Crippen molar-refractivity contribution < 1.29 is 9.59 Å². The second-order valence-corrected chi connectivity index (χ2v) is 6.32. The zero-order valence-electron chi connectivity index (χ0n) is 13.9. The van der Waals surface area contributed by atoms with Crippen LogP contribution < -0.4 is 5.32 Å². The van der Waals surface area contributed by atoms with E-state index in [-0.39, 0.29) is 11.8 Å². The molecule has 0 bridgehead atoms. The van der Waals surface area contributed by atoms with E-state index in [1.165, 1.54) is 19.3 Å². The van der Waals surface area contributed by atoms with Crippen LogP contribution in [0.15, 0.2) is 0 Å². The Morgan fingerprint density at radius 3 is 2.29 bits per heavy atom. The highest BCUT2D eigenvalue weighted by Crippen LogP contribution is 2.17. The van der Waals surface area contributed by atoms with Gasteiger partial charge in [-0.1, -0.05) is 19.3 Å². The second-order valence-electron chi connectivity index (χ2n) is 6.32. The largest absolute Gasteiger partial charge is 0.353 e. The first-order valence-electron chi connectivity index (χ1n) is 8.18. The van der Waals surface area contributed by atoms with Gasteiger partial charge in [0, 0.05) is 32.5 Å². The van der Waals surface area contributed by atoms with E-state index >= 15 is 0 Å². The molecule has 21 heavy (non-hydrogen) atoms. The molecule has 122 valence electrons. The molecule has 0 radical (unpaired) electrons. The maximum atomic E-state index is 12.0. The quantitative estimate of drug-likeness (QED) is 0.741. The van der Waals surface area contributed by atoms with Gasteiger partial charge >= 0.3 is 0 Å². The lowest BCUT2D eigenvalue weighted by Gasteiger charge is -2.24. The molecule has 1 aliphatic rings. The minimum atomic E-state index is 0.0548. The Morgan fingerprint density at radius 2 is 1.71 bits per heavy atom. The molecule has 5 heteroatoms. The number of nitrogens with one attached hydrogen (secondary N) is 1. The number of carbonyl (C=O) groups excluding carboxylic acids is 2. The molecule has 5 nitrogen and oxygen atoms in total. The highest BCUT2D eigenvalue weighted by molar-refractivity contribution is 5.78. The fourth-order valence-corrected chi connectivity index (χ4v) is 2.79. The van der Waals surface area contributed by atoms with Gasteiger partial charge in [-0.15, -0.1) is 0 Å². The van der Waals surface area contributed by atoms with Crippen molar-refractivity contribution in [1.82, 2.24) is 15.1 Å². The smallest absolute Gasteiger partial charge is 0.221 e. The van der Waals surface area contributed by atoms with Gasteiger partial charge in [-0.3, -0.25) is 9.59 Å². The van der Waals surface area contributed by atoms with Crippen molar-refractivity contribution in [3.63, 3.8) is 0 Å². The summed E-state index contributed by atoms with van der Waals surface area (Å²) in [5.74, 6) is 0.139. The van der Waals surface area contributed by atoms with Gasteiger partial charge in [0.15, 0.2) is 0 Å². The van der Waals surface area contributed by atoms with Gasteiger partial charge in [-0.25, -0.2) is 0 Å². The van der Waals surface area contributed by atoms with Crippen molar-refractivity contribution in [1.29, 1.82) is 0 Å². The molecule has 1 fully saturated rings. The van der Waals surface area contributed by atoms with E-state index in [0.29, 0.717) is 19.0 Å². The van der Waals surface area contributed by atoms with Crippen molar-refractivity contribution in [2.45, 2.75) is 57.9 Å². The van der Waals surface area contributed by atoms with Crippen molar-refractivity contribution in [3.8, 4) is 0 Å². The van der Waals surface area contributed by atoms with Crippen molar-refractivity contribution in [2.75, 3.05) is 33.7 Å². The molecule has 1 aliphatic carbocycles. The summed E-state index contributed by atoms with van der Waals surface area (Å²) in [6.45, 7) is 3.79. The molecule has 1 rings (SSSR count). The van der Waals surface area contributed by atoms with E-state index in [4.69, 9.17) is 0 Å². The van der Waals surface area contributed by atoms with Crippen LogP contribution in [0.4, 0.5) is 0 Å². The molecule has 0 aromatic carbocycles. The van der Waals surface area contributed by atoms with Crippen LogP contribution in [0.3, 0.4) is 0 Å². The van der Waals surface area contributed by atoms with Gasteiger partial charge in [0.25, 0.3) is 0 Å². The summed E-state index contributed by atoms with van der Waals surface area (Å²) in [6, 6.07) is 0.353. The Balaban J connectivity index is 2.24. The van der Waals surface area contributed by atoms with Gasteiger partial charge in [-0.2, -0.15) is 0 Å². The lowest BCUT2D eigenvalue weighted by Crippen LogP contribution is -2.39. The molecule has 1 N–H and O–H groups in total. The lowest BCUT2D eigenvalue weighted by atomic mass is 9.95. The van der Waals surface area contributed by atoms with E-state index in [9.17, 15) is 9.59 Å². The van der Waals surface area contributed by atoms with E-state index in [2.05, 4.69) is 10.2 Å². The topological polar surface area (TPSA) is 52.7 Å². The first-order chi connectivity index (χ1) is 9.99. The number of nitrogens with zero attached hydrogens (tertiary/aromatic N) is 2. The molecule has 0 heterocycles. The predicted molar refractivity (Wildman–Crippen MR) is 85.1 cm³/mol. The second kappa shape index (κ2) is 9.77. The molecule has 0 aromatic rings. The Bertz CT molecular complexity index is 325. The lowest BCUT2D eigenvalue weighted by molar-refractivity contribution is -0.130. The number of hydrogen-bond acceptors (Lipinski definition) is 3. The molecule has 0 atom stereocenters. The van der Waals surface area contributed by atoms with Crippen LogP contribution in [0.2, 0.25) is 0 Å². The number of hydrogen-bond donors (Lipinski definition) is 1. The normalized spacial score (nSPS) is 16.0. The van der Waals surface area contributed by atoms with Gasteiger partial charge in [0.1, 0.15) is 0 Å². The molecular formula is C16H31N3O2. The molecular weight excluding hydrogens is 266 g/mol. The zero-order valence-corrected chi connectivity index (χ0v) is 13.9. The van der Waals surface area contributed by atoms with Crippen molar-refractivity contribution >= 4 is 11.8 Å². The number of carbonyl (C=O) groups is 2. The molecule has 0 aliphatic heterocycles. The maximum absolute atomic E-state index is 12.0. The van der Waals surface area contributed by atoms with Crippen LogP contribution in [-0.2, 0) is 9.59 Å². The fraction of sp³-hybridized carbons (Fsp3) is 0.875. The van der Waals surface area contributed by atoms with Gasteiger partial charge in [-0.05, 0) is 39.9 Å². The minimum absolute atomic E-state index is 0.0548. The summed E-state index contributed by atoms with van der Waals surface area (Å²) in [4.78, 5) is 27.5. The highest BCUT2D eigenvalue weighted by atomic mass is 16.2. The third-order valence-electron chi connectivity index (χ3n) is 4.06. The van der Waals surface area contributed by atoms with E-state index in [1.807, 2.05) is 14.1 Å². The van der Waals surface area contributed by atoms with Gasteiger partial charge in [0.05, 0.1) is 0 Å². The van der Waals surface area contributed by atoms with E-state index in [0.717, 1.165) is 32.4 Å². The molecule has 2 amide bonds. The van der Waals surface area contributed by atoms with Crippen LogP contribution in [0.25, 0.3) is 0 Å². The van der Waals surface area contributed by atoms with E-state index in [1.54, 1.807) is 11.8 Å². The molecule has 1 saturated carbocycles. The predicted octanol–water partition coefficient (Wildman–Crippen LogP) is 1.63. The summed E-state index contributed by atoms with van der Waals surface area (Å²) in [5, 5.41) is 3.10. The van der Waals surface area contributed by atoms with Crippen LogP contribution in [0, 0.1) is 0 Å². The SMILES string of the molecule is CC(=O)N(CCCN(C)C)CCC(=O)NC1CCCCC1. The number of rotatable bonds is 8. The molecule has 0 spiro atoms. The van der Waals surface area contributed by atoms with Crippen LogP contribution >= 0.6 is 0 Å². The standard InChI is InChI=1S/C16H31N3O2/c1-14(20)19(12-7-11-18(2)3)13-10-16(21)17-15-8-5-4-6-9-15/h15H,4-13H2,1-3H3,(H,17,21). The van der Waals surface area contributed by atoms with Crippen molar-refractivity contribution in [3.05, 3.63) is 0 Å². The summed E-state index contributed by atoms with van der Waals surface area (Å²) in [6.07, 6.45) is 7.28. The Morgan fingerprint density at radius 1 is 1.05 bits per heavy atom. The van der Waals surface area contributed by atoms with Crippen LogP contribution in [0.1, 0.15) is 51.9 Å². The van der Waals surface area contributed by atoms with Gasteiger partial charge in [0.2, 0.25) is 11.8 Å². The Hall–Kier alpha value is -1.10. The van der Waals surface area contributed by atoms with Gasteiger partial charge < -0.3 is 15.1 Å². The summed E-state index contributed by atoms with van der Waals surface area (Å²) >= 11 is 0. The Labute approximate surface area is 129 Å². The third-order valence-corrected chi connectivity index (χ3v) is 4.06. The average Bonchev–Trinajstić information content (AvgIpc) is 2.43. The fourth-order valence-electron chi connectivity index (χ4n) is 2.79. The zero-order chi connectivity index (χ0) is 15.7. The van der Waals surface area contributed by atoms with E-state index < -0.39 is 0 Å². The van der Waals surface area contributed by atoms with Crippen molar-refractivity contribution in [2.24, 2.45) is 0 Å². The first-order valence-corrected chi connectivity index (χ1v) is 8.18. The summed E-state index contributed by atoms with van der Waals surface area (Å²) in [5.41, 5.74) is 0. The highest BCUT2D eigenvalue weighted by Gasteiger charge is 2.16. The van der Waals surface area contributed by atoms with Crippen LogP contribution in [-0.4, -0.2) is 61.4 Å². The molecule has 0 unspecified atom stereocenters. The minimum Gasteiger partial charge on any atom is -0.353 e. The Kier molecular flexibility index (Phi) is 8.35. The third kappa shape index (κ3) is 8.05. The molecule has 0 aromatic heterocycles. The van der Waals surface area contributed by atoms with Crippen LogP contribution in [0.5, 0.6) is 0 Å². The first kappa shape index (κ1) is 18.0. The summed E-state index contributed by atoms with van der Waals surface area (Å²) in [7, 11) is 4.05.